The summed E-state index contributed by atoms with van der Waals surface area (Å²) in [5.74, 6) is 0.535. The van der Waals surface area contributed by atoms with Crippen LogP contribution in [0.1, 0.15) is 46.1 Å². The van der Waals surface area contributed by atoms with Crippen LogP contribution >= 0.6 is 0 Å². The number of hydrogen-bond donors (Lipinski definition) is 2. The number of rotatable bonds is 7. The maximum absolute atomic E-state index is 11.4. The molecule has 0 bridgehead atoms. The van der Waals surface area contributed by atoms with Gasteiger partial charge in [0.25, 0.3) is 0 Å². The second-order valence-corrected chi connectivity index (χ2v) is 6.68. The van der Waals surface area contributed by atoms with Gasteiger partial charge in [0.05, 0.1) is 12.1 Å². The molecule has 0 fully saturated rings. The van der Waals surface area contributed by atoms with Crippen LogP contribution in [0.3, 0.4) is 0 Å². The third kappa shape index (κ3) is 5.05. The maximum atomic E-state index is 11.4. The summed E-state index contributed by atoms with van der Waals surface area (Å²) in [5, 5.41) is 2.98. The Labute approximate surface area is 128 Å². The van der Waals surface area contributed by atoms with Crippen molar-refractivity contribution >= 4 is 5.91 Å². The van der Waals surface area contributed by atoms with E-state index in [-0.39, 0.29) is 11.3 Å². The largest absolute Gasteiger partial charge is 0.494 e. The van der Waals surface area contributed by atoms with Gasteiger partial charge in [-0.25, -0.2) is 0 Å². The third-order valence-corrected chi connectivity index (χ3v) is 3.89. The topological polar surface area (TPSA) is 64.3 Å². The summed E-state index contributed by atoms with van der Waals surface area (Å²) in [4.78, 5) is 11.4. The minimum Gasteiger partial charge on any atom is -0.494 e. The molecule has 1 rings (SSSR count). The highest BCUT2D eigenvalue weighted by atomic mass is 16.5. The van der Waals surface area contributed by atoms with Crippen molar-refractivity contribution in [3.63, 3.8) is 0 Å². The van der Waals surface area contributed by atoms with Gasteiger partial charge in [0.15, 0.2) is 0 Å². The lowest BCUT2D eigenvalue weighted by Crippen LogP contribution is -2.51. The standard InChI is InChI=1S/C17H28N2O2/c1-16(2,3)13-8-6-9-14(12-13)21-11-7-10-17(4,19-5)15(18)20/h6,8-9,12,19H,7,10-11H2,1-5H3,(H2,18,20). The van der Waals surface area contributed by atoms with E-state index in [4.69, 9.17) is 10.5 Å². The summed E-state index contributed by atoms with van der Waals surface area (Å²) >= 11 is 0. The van der Waals surface area contributed by atoms with Crippen molar-refractivity contribution in [2.45, 2.75) is 51.5 Å². The molecule has 0 aliphatic carbocycles. The van der Waals surface area contributed by atoms with Crippen LogP contribution in [0.2, 0.25) is 0 Å². The van der Waals surface area contributed by atoms with Crippen LogP contribution in [0.15, 0.2) is 24.3 Å². The summed E-state index contributed by atoms with van der Waals surface area (Å²) in [6.45, 7) is 8.92. The predicted octanol–water partition coefficient (Wildman–Crippen LogP) is 2.61. The van der Waals surface area contributed by atoms with Crippen molar-refractivity contribution in [1.29, 1.82) is 0 Å². The normalized spacial score (nSPS) is 14.5. The van der Waals surface area contributed by atoms with Crippen molar-refractivity contribution in [3.8, 4) is 5.75 Å². The second kappa shape index (κ2) is 6.94. The lowest BCUT2D eigenvalue weighted by atomic mass is 9.87. The first kappa shape index (κ1) is 17.5. The molecule has 4 heteroatoms. The smallest absolute Gasteiger partial charge is 0.237 e. The molecule has 3 N–H and O–H groups in total. The molecule has 1 amide bonds. The molecule has 0 saturated carbocycles. The Bertz CT molecular complexity index is 480. The highest BCUT2D eigenvalue weighted by Crippen LogP contribution is 2.25. The number of amides is 1. The molecule has 0 spiro atoms. The van der Waals surface area contributed by atoms with Crippen molar-refractivity contribution < 1.29 is 9.53 Å². The average molecular weight is 292 g/mol. The van der Waals surface area contributed by atoms with Gasteiger partial charge in [0.2, 0.25) is 5.91 Å². The molecule has 4 nitrogen and oxygen atoms in total. The van der Waals surface area contributed by atoms with E-state index in [0.717, 1.165) is 12.2 Å². The Hall–Kier alpha value is -1.55. The van der Waals surface area contributed by atoms with Gasteiger partial charge in [0.1, 0.15) is 5.75 Å². The minimum absolute atomic E-state index is 0.107. The fourth-order valence-electron chi connectivity index (χ4n) is 2.04. The van der Waals surface area contributed by atoms with Crippen LogP contribution in [0.25, 0.3) is 0 Å². The summed E-state index contributed by atoms with van der Waals surface area (Å²) in [5.41, 5.74) is 6.08. The fraction of sp³-hybridized carbons (Fsp3) is 0.588. The van der Waals surface area contributed by atoms with E-state index >= 15 is 0 Å². The maximum Gasteiger partial charge on any atom is 0.237 e. The summed E-state index contributed by atoms with van der Waals surface area (Å²) in [6.07, 6.45) is 1.41. The van der Waals surface area contributed by atoms with E-state index in [1.165, 1.54) is 5.56 Å². The van der Waals surface area contributed by atoms with Gasteiger partial charge < -0.3 is 15.8 Å². The zero-order valence-electron chi connectivity index (χ0n) is 13.8. The number of ether oxygens (including phenoxy) is 1. The Balaban J connectivity index is 2.52. The molecule has 1 atom stereocenters. The summed E-state index contributed by atoms with van der Waals surface area (Å²) in [7, 11) is 1.75. The van der Waals surface area contributed by atoms with Crippen LogP contribution in [-0.4, -0.2) is 25.1 Å². The van der Waals surface area contributed by atoms with Gasteiger partial charge in [-0.2, -0.15) is 0 Å². The first-order chi connectivity index (χ1) is 9.69. The average Bonchev–Trinajstić information content (AvgIpc) is 2.42. The molecular formula is C17H28N2O2. The van der Waals surface area contributed by atoms with Crippen molar-refractivity contribution in [2.75, 3.05) is 13.7 Å². The van der Waals surface area contributed by atoms with Crippen LogP contribution in [0.5, 0.6) is 5.75 Å². The number of hydrogen-bond acceptors (Lipinski definition) is 3. The lowest BCUT2D eigenvalue weighted by Gasteiger charge is -2.25. The number of carbonyl (C=O) groups excluding carboxylic acids is 1. The molecule has 0 aliphatic rings. The number of likely N-dealkylation sites (N-methyl/N-ethyl adjacent to an activating group) is 1. The van der Waals surface area contributed by atoms with E-state index in [2.05, 4.69) is 38.2 Å². The van der Waals surface area contributed by atoms with Gasteiger partial charge in [-0.15, -0.1) is 0 Å². The monoisotopic (exact) mass is 292 g/mol. The number of carbonyl (C=O) groups is 1. The zero-order valence-corrected chi connectivity index (χ0v) is 13.8. The first-order valence-electron chi connectivity index (χ1n) is 7.41. The number of primary amides is 1. The van der Waals surface area contributed by atoms with E-state index in [0.29, 0.717) is 13.0 Å². The Kier molecular flexibility index (Phi) is 5.78. The highest BCUT2D eigenvalue weighted by Gasteiger charge is 2.28. The third-order valence-electron chi connectivity index (χ3n) is 3.89. The van der Waals surface area contributed by atoms with E-state index in [1.807, 2.05) is 19.1 Å². The van der Waals surface area contributed by atoms with Crippen molar-refractivity contribution in [2.24, 2.45) is 5.73 Å². The second-order valence-electron chi connectivity index (χ2n) is 6.68. The predicted molar refractivity (Wildman–Crippen MR) is 86.5 cm³/mol. The van der Waals surface area contributed by atoms with Crippen molar-refractivity contribution in [3.05, 3.63) is 29.8 Å². The van der Waals surface area contributed by atoms with Crippen LogP contribution < -0.4 is 15.8 Å². The van der Waals surface area contributed by atoms with Crippen LogP contribution in [-0.2, 0) is 10.2 Å². The van der Waals surface area contributed by atoms with Gasteiger partial charge in [0, 0.05) is 0 Å². The number of benzene rings is 1. The quantitative estimate of drug-likeness (QED) is 0.759. The molecule has 0 heterocycles. The SMILES string of the molecule is CNC(C)(CCCOc1cccc(C(C)(C)C)c1)C(N)=O. The van der Waals surface area contributed by atoms with Gasteiger partial charge >= 0.3 is 0 Å². The molecule has 1 aromatic carbocycles. The molecule has 118 valence electrons. The summed E-state index contributed by atoms with van der Waals surface area (Å²) < 4.78 is 5.78. The number of nitrogens with one attached hydrogen (secondary N) is 1. The van der Waals surface area contributed by atoms with Gasteiger partial charge in [-0.1, -0.05) is 32.9 Å². The van der Waals surface area contributed by atoms with E-state index in [9.17, 15) is 4.79 Å². The summed E-state index contributed by atoms with van der Waals surface area (Å²) in [6, 6.07) is 8.15. The molecule has 21 heavy (non-hydrogen) atoms. The Morgan fingerprint density at radius 3 is 2.48 bits per heavy atom. The fourth-order valence-corrected chi connectivity index (χ4v) is 2.04. The minimum atomic E-state index is -0.670. The molecule has 0 radical (unpaired) electrons. The van der Waals surface area contributed by atoms with Crippen LogP contribution in [0, 0.1) is 0 Å². The number of nitrogens with two attached hydrogens (primary N) is 1. The Morgan fingerprint density at radius 2 is 1.95 bits per heavy atom. The van der Waals surface area contributed by atoms with Gasteiger partial charge in [-0.3, -0.25) is 4.79 Å². The van der Waals surface area contributed by atoms with Crippen LogP contribution in [0.4, 0.5) is 0 Å². The zero-order chi connectivity index (χ0) is 16.1. The van der Waals surface area contributed by atoms with Gasteiger partial charge in [-0.05, 0) is 49.9 Å². The molecule has 0 aliphatic heterocycles. The van der Waals surface area contributed by atoms with E-state index in [1.54, 1.807) is 7.05 Å². The molecule has 1 unspecified atom stereocenters. The molecule has 0 aromatic heterocycles. The Morgan fingerprint density at radius 1 is 1.29 bits per heavy atom. The van der Waals surface area contributed by atoms with Crippen molar-refractivity contribution in [1.82, 2.24) is 5.32 Å². The molecule has 1 aromatic rings. The first-order valence-corrected chi connectivity index (χ1v) is 7.41. The highest BCUT2D eigenvalue weighted by molar-refractivity contribution is 5.84. The molecular weight excluding hydrogens is 264 g/mol. The lowest BCUT2D eigenvalue weighted by molar-refractivity contribution is -0.123. The molecule has 0 saturated heterocycles. The van der Waals surface area contributed by atoms with E-state index < -0.39 is 5.54 Å².